The number of nitriles is 1. The summed E-state index contributed by atoms with van der Waals surface area (Å²) in [6.45, 7) is 4.84. The van der Waals surface area contributed by atoms with Crippen molar-refractivity contribution in [1.29, 1.82) is 5.26 Å². The zero-order valence-electron chi connectivity index (χ0n) is 22.6. The smallest absolute Gasteiger partial charge is 0.335 e. The second kappa shape index (κ2) is 14.1. The quantitative estimate of drug-likeness (QED) is 0.192. The van der Waals surface area contributed by atoms with Crippen molar-refractivity contribution in [3.8, 4) is 22.9 Å². The number of rotatable bonds is 13. The largest absolute Gasteiger partial charge is 0.489 e. The fraction of sp³-hybridized carbons (Fsp3) is 0.235. The highest BCUT2D eigenvalue weighted by Gasteiger charge is 2.11. The van der Waals surface area contributed by atoms with Gasteiger partial charge in [-0.1, -0.05) is 55.8 Å². The van der Waals surface area contributed by atoms with Gasteiger partial charge in [0.15, 0.2) is 0 Å². The molecule has 0 bridgehead atoms. The van der Waals surface area contributed by atoms with Crippen LogP contribution < -0.4 is 4.74 Å². The van der Waals surface area contributed by atoms with E-state index < -0.39 is 5.97 Å². The Balaban J connectivity index is 1.39. The Kier molecular flexibility index (Phi) is 10.0. The molecule has 5 nitrogen and oxygen atoms in total. The number of unbranched alkanes of at least 4 members (excludes halogenated alkanes) is 1. The number of halogens is 1. The van der Waals surface area contributed by atoms with E-state index in [1.807, 2.05) is 48.5 Å². The molecule has 0 heterocycles. The van der Waals surface area contributed by atoms with Gasteiger partial charge in [0.25, 0.3) is 0 Å². The van der Waals surface area contributed by atoms with E-state index in [0.29, 0.717) is 25.1 Å². The van der Waals surface area contributed by atoms with E-state index in [9.17, 15) is 9.18 Å². The van der Waals surface area contributed by atoms with Crippen LogP contribution in [0.4, 0.5) is 4.39 Å². The maximum atomic E-state index is 14.2. The molecule has 6 heteroatoms. The molecule has 204 valence electrons. The zero-order valence-corrected chi connectivity index (χ0v) is 22.6. The molecule has 0 radical (unpaired) electrons. The molecule has 40 heavy (non-hydrogen) atoms. The summed E-state index contributed by atoms with van der Waals surface area (Å²) in [6.07, 6.45) is 2.78. The third-order valence-electron chi connectivity index (χ3n) is 6.90. The van der Waals surface area contributed by atoms with Crippen LogP contribution in [0.3, 0.4) is 0 Å². The van der Waals surface area contributed by atoms with Crippen LogP contribution in [0.15, 0.2) is 91.0 Å². The summed E-state index contributed by atoms with van der Waals surface area (Å²) < 4.78 is 20.3. The summed E-state index contributed by atoms with van der Waals surface area (Å²) >= 11 is 0. The second-order valence-corrected chi connectivity index (χ2v) is 9.80. The Morgan fingerprint density at radius 3 is 2.20 bits per heavy atom. The number of hydrogen-bond donors (Lipinski definition) is 1. The topological polar surface area (TPSA) is 73.6 Å². The molecule has 4 aromatic rings. The number of aromatic carboxylic acids is 1. The van der Waals surface area contributed by atoms with Crippen LogP contribution in [0.25, 0.3) is 11.1 Å². The van der Waals surface area contributed by atoms with Crippen molar-refractivity contribution >= 4 is 5.97 Å². The summed E-state index contributed by atoms with van der Waals surface area (Å²) in [6, 6.07) is 29.2. The monoisotopic (exact) mass is 536 g/mol. The van der Waals surface area contributed by atoms with E-state index in [1.165, 1.54) is 6.07 Å². The van der Waals surface area contributed by atoms with Gasteiger partial charge in [-0.05, 0) is 95.7 Å². The maximum absolute atomic E-state index is 14.2. The average molecular weight is 537 g/mol. The number of carboxylic acids is 1. The fourth-order valence-corrected chi connectivity index (χ4v) is 4.55. The first kappa shape index (κ1) is 28.5. The number of nitrogens with zero attached hydrogens (tertiary/aromatic N) is 2. The lowest BCUT2D eigenvalue weighted by molar-refractivity contribution is 0.0697. The van der Waals surface area contributed by atoms with Crippen LogP contribution in [0.5, 0.6) is 5.75 Å². The molecule has 0 aliphatic carbocycles. The minimum Gasteiger partial charge on any atom is -0.489 e. The normalized spacial score (nSPS) is 10.8. The molecule has 0 spiro atoms. The predicted octanol–water partition coefficient (Wildman–Crippen LogP) is 7.49. The van der Waals surface area contributed by atoms with Crippen LogP contribution in [0.2, 0.25) is 0 Å². The van der Waals surface area contributed by atoms with Gasteiger partial charge in [0.2, 0.25) is 0 Å². The minimum atomic E-state index is -0.933. The lowest BCUT2D eigenvalue weighted by Gasteiger charge is -2.23. The summed E-state index contributed by atoms with van der Waals surface area (Å²) in [5, 5.41) is 18.2. The minimum absolute atomic E-state index is 0.269. The molecule has 0 unspecified atom stereocenters. The SMILES string of the molecule is CCCCN(CCc1cc(F)ccc1COc1ccc(-c2ccc(C#N)cc2)cc1)Cc1ccc(C(=O)O)cc1. The first-order chi connectivity index (χ1) is 19.4. The average Bonchev–Trinajstić information content (AvgIpc) is 2.98. The number of benzene rings is 4. The number of ether oxygens (including phenoxy) is 1. The summed E-state index contributed by atoms with van der Waals surface area (Å²) in [7, 11) is 0. The molecule has 0 atom stereocenters. The van der Waals surface area contributed by atoms with Crippen molar-refractivity contribution in [1.82, 2.24) is 4.90 Å². The van der Waals surface area contributed by atoms with Crippen LogP contribution in [-0.4, -0.2) is 29.1 Å². The Hall–Kier alpha value is -4.47. The van der Waals surface area contributed by atoms with E-state index in [0.717, 1.165) is 59.5 Å². The molecular weight excluding hydrogens is 503 g/mol. The first-order valence-electron chi connectivity index (χ1n) is 13.5. The van der Waals surface area contributed by atoms with E-state index in [1.54, 1.807) is 36.4 Å². The van der Waals surface area contributed by atoms with E-state index in [2.05, 4.69) is 17.9 Å². The molecular formula is C34H33FN2O3. The predicted molar refractivity (Wildman–Crippen MR) is 155 cm³/mol. The van der Waals surface area contributed by atoms with Gasteiger partial charge in [-0.3, -0.25) is 4.90 Å². The van der Waals surface area contributed by atoms with Gasteiger partial charge < -0.3 is 9.84 Å². The van der Waals surface area contributed by atoms with Crippen molar-refractivity contribution in [3.63, 3.8) is 0 Å². The highest BCUT2D eigenvalue weighted by molar-refractivity contribution is 5.87. The lowest BCUT2D eigenvalue weighted by Crippen LogP contribution is -2.27. The van der Waals surface area contributed by atoms with Crippen molar-refractivity contribution in [2.45, 2.75) is 39.3 Å². The molecule has 1 N–H and O–H groups in total. The van der Waals surface area contributed by atoms with Crippen molar-refractivity contribution in [2.75, 3.05) is 13.1 Å². The third kappa shape index (κ3) is 8.02. The maximum Gasteiger partial charge on any atom is 0.335 e. The van der Waals surface area contributed by atoms with Crippen LogP contribution in [-0.2, 0) is 19.6 Å². The van der Waals surface area contributed by atoms with E-state index in [-0.39, 0.29) is 11.4 Å². The Bertz CT molecular complexity index is 1440. The van der Waals surface area contributed by atoms with Gasteiger partial charge in [0, 0.05) is 13.1 Å². The highest BCUT2D eigenvalue weighted by atomic mass is 19.1. The molecule has 0 fully saturated rings. The van der Waals surface area contributed by atoms with Crippen molar-refractivity contribution < 1.29 is 19.0 Å². The third-order valence-corrected chi connectivity index (χ3v) is 6.90. The summed E-state index contributed by atoms with van der Waals surface area (Å²) in [4.78, 5) is 13.5. The highest BCUT2D eigenvalue weighted by Crippen LogP contribution is 2.24. The standard InChI is InChI=1S/C34H33FN2O3/c1-2-3-19-37(23-26-6-10-29(11-7-26)34(38)39)20-18-30-21-32(35)15-12-31(30)24-40-33-16-13-28(14-17-33)27-8-4-25(22-36)5-9-27/h4-17,21H,2-3,18-20,23-24H2,1H3,(H,38,39). The van der Waals surface area contributed by atoms with Crippen molar-refractivity contribution in [2.24, 2.45) is 0 Å². The van der Waals surface area contributed by atoms with Gasteiger partial charge >= 0.3 is 5.97 Å². The molecule has 0 saturated heterocycles. The molecule has 0 amide bonds. The molecule has 0 aromatic heterocycles. The van der Waals surface area contributed by atoms with Crippen molar-refractivity contribution in [3.05, 3.63) is 125 Å². The Labute approximate surface area is 235 Å². The lowest BCUT2D eigenvalue weighted by atomic mass is 10.0. The summed E-state index contributed by atoms with van der Waals surface area (Å²) in [5.74, 6) is -0.477. The molecule has 4 aromatic carbocycles. The van der Waals surface area contributed by atoms with E-state index >= 15 is 0 Å². The number of carboxylic acid groups (broad SMARTS) is 1. The number of hydrogen-bond acceptors (Lipinski definition) is 4. The van der Waals surface area contributed by atoms with Gasteiger partial charge in [-0.15, -0.1) is 0 Å². The molecule has 0 aliphatic rings. The van der Waals surface area contributed by atoms with Crippen LogP contribution in [0.1, 0.15) is 52.4 Å². The van der Waals surface area contributed by atoms with Crippen LogP contribution in [0, 0.1) is 17.1 Å². The Morgan fingerprint density at radius 1 is 0.900 bits per heavy atom. The second-order valence-electron chi connectivity index (χ2n) is 9.80. The van der Waals surface area contributed by atoms with Gasteiger partial charge in [0.1, 0.15) is 18.2 Å². The summed E-state index contributed by atoms with van der Waals surface area (Å²) in [5.41, 5.74) is 5.86. The van der Waals surface area contributed by atoms with Gasteiger partial charge in [-0.25, -0.2) is 9.18 Å². The Morgan fingerprint density at radius 2 is 1.57 bits per heavy atom. The molecule has 0 saturated carbocycles. The molecule has 4 rings (SSSR count). The van der Waals surface area contributed by atoms with Crippen LogP contribution >= 0.6 is 0 Å². The van der Waals surface area contributed by atoms with Gasteiger partial charge in [0.05, 0.1) is 17.2 Å². The fourth-order valence-electron chi connectivity index (χ4n) is 4.55. The zero-order chi connectivity index (χ0) is 28.3. The van der Waals surface area contributed by atoms with E-state index in [4.69, 9.17) is 15.1 Å². The van der Waals surface area contributed by atoms with Gasteiger partial charge in [-0.2, -0.15) is 5.26 Å². The molecule has 0 aliphatic heterocycles. The first-order valence-corrected chi connectivity index (χ1v) is 13.5. The number of carbonyl (C=O) groups is 1.